The highest BCUT2D eigenvalue weighted by Gasteiger charge is 2.20. The molecule has 0 aromatic carbocycles. The van der Waals surface area contributed by atoms with Crippen LogP contribution in [0.5, 0.6) is 0 Å². The normalized spacial score (nSPS) is 25.4. The summed E-state index contributed by atoms with van der Waals surface area (Å²) < 4.78 is 2.01. The number of hydrogen-bond acceptors (Lipinski definition) is 2. The molecule has 1 aliphatic rings. The average Bonchev–Trinajstić information content (AvgIpc) is 2.91. The van der Waals surface area contributed by atoms with Gasteiger partial charge in [-0.3, -0.25) is 4.68 Å². The number of nitrogens with zero attached hydrogens (tertiary/aromatic N) is 2. The zero-order valence-corrected chi connectivity index (χ0v) is 12.5. The van der Waals surface area contributed by atoms with Crippen LogP contribution in [-0.4, -0.2) is 22.4 Å². The lowest BCUT2D eigenvalue weighted by molar-refractivity contribution is 0.249. The summed E-state index contributed by atoms with van der Waals surface area (Å²) in [6, 6.07) is 2.50. The van der Waals surface area contributed by atoms with Crippen molar-refractivity contribution in [2.24, 2.45) is 11.8 Å². The molecule has 2 rings (SSSR count). The number of nitrogens with one attached hydrogen (secondary N) is 1. The first-order valence-electron chi connectivity index (χ1n) is 7.98. The van der Waals surface area contributed by atoms with Crippen molar-refractivity contribution in [2.75, 3.05) is 6.54 Å². The fourth-order valence-corrected chi connectivity index (χ4v) is 3.25. The van der Waals surface area contributed by atoms with Gasteiger partial charge in [0.15, 0.2) is 0 Å². The predicted molar refractivity (Wildman–Crippen MR) is 80.0 cm³/mol. The standard InChI is InChI=1S/C16H29N3/c1-3-5-15-6-8-16(9-7-15)12-17-14(2)13-19-11-4-10-18-19/h4,10-11,14-17H,3,5-9,12-13H2,1-2H3. The molecule has 1 atom stereocenters. The van der Waals surface area contributed by atoms with Gasteiger partial charge < -0.3 is 5.32 Å². The summed E-state index contributed by atoms with van der Waals surface area (Å²) in [4.78, 5) is 0. The highest BCUT2D eigenvalue weighted by molar-refractivity contribution is 4.80. The Labute approximate surface area is 117 Å². The van der Waals surface area contributed by atoms with Gasteiger partial charge in [0.1, 0.15) is 0 Å². The predicted octanol–water partition coefficient (Wildman–Crippen LogP) is 3.47. The Bertz CT molecular complexity index is 326. The fourth-order valence-electron chi connectivity index (χ4n) is 3.25. The van der Waals surface area contributed by atoms with Crippen molar-refractivity contribution >= 4 is 0 Å². The van der Waals surface area contributed by atoms with Gasteiger partial charge in [0.25, 0.3) is 0 Å². The molecule has 1 unspecified atom stereocenters. The first kappa shape index (κ1) is 14.6. The summed E-state index contributed by atoms with van der Waals surface area (Å²) >= 11 is 0. The molecule has 0 spiro atoms. The van der Waals surface area contributed by atoms with E-state index >= 15 is 0 Å². The van der Waals surface area contributed by atoms with Gasteiger partial charge in [0.2, 0.25) is 0 Å². The lowest BCUT2D eigenvalue weighted by Crippen LogP contribution is -2.35. The van der Waals surface area contributed by atoms with Gasteiger partial charge in [0, 0.05) is 18.4 Å². The molecule has 0 radical (unpaired) electrons. The maximum atomic E-state index is 4.26. The Balaban J connectivity index is 1.61. The Hall–Kier alpha value is -0.830. The monoisotopic (exact) mass is 263 g/mol. The van der Waals surface area contributed by atoms with Gasteiger partial charge in [-0.05, 0) is 44.2 Å². The van der Waals surface area contributed by atoms with Crippen LogP contribution < -0.4 is 5.32 Å². The van der Waals surface area contributed by atoms with Crippen LogP contribution in [0, 0.1) is 11.8 Å². The topological polar surface area (TPSA) is 29.9 Å². The van der Waals surface area contributed by atoms with Crippen LogP contribution in [0.15, 0.2) is 18.5 Å². The van der Waals surface area contributed by atoms with E-state index in [-0.39, 0.29) is 0 Å². The van der Waals surface area contributed by atoms with Crippen LogP contribution >= 0.6 is 0 Å². The maximum absolute atomic E-state index is 4.26. The summed E-state index contributed by atoms with van der Waals surface area (Å²) in [5.41, 5.74) is 0. The highest BCUT2D eigenvalue weighted by atomic mass is 15.3. The zero-order chi connectivity index (χ0) is 13.5. The summed E-state index contributed by atoms with van der Waals surface area (Å²) in [5.74, 6) is 1.91. The third-order valence-electron chi connectivity index (χ3n) is 4.44. The number of rotatable bonds is 7. The van der Waals surface area contributed by atoms with Crippen molar-refractivity contribution in [3.8, 4) is 0 Å². The molecule has 19 heavy (non-hydrogen) atoms. The van der Waals surface area contributed by atoms with Gasteiger partial charge in [-0.1, -0.05) is 32.6 Å². The molecular weight excluding hydrogens is 234 g/mol. The summed E-state index contributed by atoms with van der Waals surface area (Å²) in [6.07, 6.45) is 12.4. The van der Waals surface area contributed by atoms with E-state index in [0.717, 1.165) is 18.4 Å². The van der Waals surface area contributed by atoms with Gasteiger partial charge in [0.05, 0.1) is 6.54 Å². The van der Waals surface area contributed by atoms with Crippen LogP contribution in [0.1, 0.15) is 52.4 Å². The van der Waals surface area contributed by atoms with E-state index in [4.69, 9.17) is 0 Å². The van der Waals surface area contributed by atoms with Crippen molar-refractivity contribution < 1.29 is 0 Å². The molecule has 1 fully saturated rings. The van der Waals surface area contributed by atoms with Gasteiger partial charge >= 0.3 is 0 Å². The Morgan fingerprint density at radius 1 is 1.26 bits per heavy atom. The number of hydrogen-bond donors (Lipinski definition) is 1. The average molecular weight is 263 g/mol. The van der Waals surface area contributed by atoms with Crippen LogP contribution in [0.4, 0.5) is 0 Å². The lowest BCUT2D eigenvalue weighted by Gasteiger charge is -2.29. The first-order valence-corrected chi connectivity index (χ1v) is 7.98. The van der Waals surface area contributed by atoms with E-state index in [2.05, 4.69) is 24.3 Å². The molecule has 1 aromatic rings. The maximum Gasteiger partial charge on any atom is 0.0559 e. The van der Waals surface area contributed by atoms with E-state index in [9.17, 15) is 0 Å². The quantitative estimate of drug-likeness (QED) is 0.816. The van der Waals surface area contributed by atoms with Crippen molar-refractivity contribution in [1.82, 2.24) is 15.1 Å². The third-order valence-corrected chi connectivity index (χ3v) is 4.44. The van der Waals surface area contributed by atoms with Crippen molar-refractivity contribution in [3.63, 3.8) is 0 Å². The zero-order valence-electron chi connectivity index (χ0n) is 12.5. The second kappa shape index (κ2) is 7.68. The molecule has 3 heteroatoms. The fraction of sp³-hybridized carbons (Fsp3) is 0.812. The SMILES string of the molecule is CCCC1CCC(CNC(C)Cn2cccn2)CC1. The molecule has 0 saturated heterocycles. The highest BCUT2D eigenvalue weighted by Crippen LogP contribution is 2.31. The molecule has 0 bridgehead atoms. The van der Waals surface area contributed by atoms with Crippen LogP contribution in [0.3, 0.4) is 0 Å². The minimum Gasteiger partial charge on any atom is -0.312 e. The largest absolute Gasteiger partial charge is 0.312 e. The Kier molecular flexibility index (Phi) is 5.90. The molecule has 1 N–H and O–H groups in total. The molecule has 0 aliphatic heterocycles. The molecule has 3 nitrogen and oxygen atoms in total. The molecule has 1 aliphatic carbocycles. The second-order valence-electron chi connectivity index (χ2n) is 6.21. The third kappa shape index (κ3) is 4.98. The lowest BCUT2D eigenvalue weighted by atomic mass is 9.80. The van der Waals surface area contributed by atoms with Crippen LogP contribution in [-0.2, 0) is 6.54 Å². The molecule has 1 aromatic heterocycles. The van der Waals surface area contributed by atoms with E-state index in [1.54, 1.807) is 0 Å². The minimum absolute atomic E-state index is 0.508. The van der Waals surface area contributed by atoms with E-state index in [1.165, 1.54) is 45.1 Å². The van der Waals surface area contributed by atoms with Crippen molar-refractivity contribution in [1.29, 1.82) is 0 Å². The van der Waals surface area contributed by atoms with E-state index in [0.29, 0.717) is 6.04 Å². The summed E-state index contributed by atoms with van der Waals surface area (Å²) in [5, 5.41) is 7.93. The Morgan fingerprint density at radius 3 is 2.63 bits per heavy atom. The van der Waals surface area contributed by atoms with Gasteiger partial charge in [-0.2, -0.15) is 5.10 Å². The second-order valence-corrected chi connectivity index (χ2v) is 6.21. The smallest absolute Gasteiger partial charge is 0.0559 e. The van der Waals surface area contributed by atoms with Crippen molar-refractivity contribution in [2.45, 2.75) is 65.0 Å². The Morgan fingerprint density at radius 2 is 2.00 bits per heavy atom. The molecule has 0 amide bonds. The van der Waals surface area contributed by atoms with Crippen LogP contribution in [0.25, 0.3) is 0 Å². The van der Waals surface area contributed by atoms with Crippen molar-refractivity contribution in [3.05, 3.63) is 18.5 Å². The summed E-state index contributed by atoms with van der Waals surface area (Å²) in [7, 11) is 0. The first-order chi connectivity index (χ1) is 9.28. The van der Waals surface area contributed by atoms with Gasteiger partial charge in [-0.15, -0.1) is 0 Å². The van der Waals surface area contributed by atoms with Crippen LogP contribution in [0.2, 0.25) is 0 Å². The van der Waals surface area contributed by atoms with E-state index < -0.39 is 0 Å². The molecular formula is C16H29N3. The number of aromatic nitrogens is 2. The van der Waals surface area contributed by atoms with Gasteiger partial charge in [-0.25, -0.2) is 0 Å². The van der Waals surface area contributed by atoms with E-state index in [1.807, 2.05) is 23.1 Å². The minimum atomic E-state index is 0.508. The molecule has 1 saturated carbocycles. The molecule has 108 valence electrons. The molecule has 1 heterocycles. The summed E-state index contributed by atoms with van der Waals surface area (Å²) in [6.45, 7) is 6.72.